The molecule has 11 heteroatoms. The first kappa shape index (κ1) is 24.1. The monoisotopic (exact) mass is 543 g/mol. The summed E-state index contributed by atoms with van der Waals surface area (Å²) < 4.78 is 60.6. The number of rotatable bonds is 0. The Labute approximate surface area is 227 Å². The fraction of sp³-hybridized carbons (Fsp3) is 0.0333. The van der Waals surface area contributed by atoms with Gasteiger partial charge in [-0.2, -0.15) is 15.8 Å². The van der Waals surface area contributed by atoms with E-state index in [1.165, 1.54) is 31.2 Å². The topological polar surface area (TPSA) is 123 Å². The summed E-state index contributed by atoms with van der Waals surface area (Å²) in [4.78, 5) is 17.3. The molecule has 2 aliphatic rings. The van der Waals surface area contributed by atoms with Gasteiger partial charge in [0.2, 0.25) is 0 Å². The molecule has 0 saturated carbocycles. The van der Waals surface area contributed by atoms with E-state index in [1.807, 2.05) is 6.07 Å². The molecule has 192 valence electrons. The Morgan fingerprint density at radius 3 is 1.41 bits per heavy atom. The van der Waals surface area contributed by atoms with Gasteiger partial charge in [0, 0.05) is 27.8 Å². The molecule has 0 aliphatic heterocycles. The highest BCUT2D eigenvalue weighted by atomic mass is 19.1. The van der Waals surface area contributed by atoms with Crippen molar-refractivity contribution in [1.82, 2.24) is 19.9 Å². The van der Waals surface area contributed by atoms with Crippen LogP contribution in [0.1, 0.15) is 29.4 Å². The number of hydrogen-bond acceptors (Lipinski definition) is 7. The number of fused-ring (bicyclic) bond motifs is 8. The molecule has 41 heavy (non-hydrogen) atoms. The van der Waals surface area contributed by atoms with Crippen LogP contribution in [0.2, 0.25) is 0 Å². The normalized spacial score (nSPS) is 13.7. The summed E-state index contributed by atoms with van der Waals surface area (Å²) >= 11 is 0. The zero-order valence-electron chi connectivity index (χ0n) is 20.6. The molecule has 0 fully saturated rings. The van der Waals surface area contributed by atoms with Crippen molar-refractivity contribution in [1.29, 1.82) is 15.8 Å². The highest BCUT2D eigenvalue weighted by Crippen LogP contribution is 2.47. The lowest BCUT2D eigenvalue weighted by Gasteiger charge is -2.10. The second-order valence-corrected chi connectivity index (χ2v) is 9.33. The molecule has 0 spiro atoms. The van der Waals surface area contributed by atoms with Gasteiger partial charge in [-0.3, -0.25) is 0 Å². The Morgan fingerprint density at radius 2 is 0.976 bits per heavy atom. The molecular formula is C30H9F4N7. The van der Waals surface area contributed by atoms with Crippen LogP contribution >= 0.6 is 0 Å². The minimum Gasteiger partial charge on any atom is -0.241 e. The second-order valence-electron chi connectivity index (χ2n) is 9.33. The third kappa shape index (κ3) is 3.10. The molecule has 0 saturated heterocycles. The molecule has 3 aromatic carbocycles. The molecule has 0 atom stereocenters. The van der Waals surface area contributed by atoms with Crippen molar-refractivity contribution >= 4 is 33.2 Å². The van der Waals surface area contributed by atoms with Gasteiger partial charge in [-0.25, -0.2) is 37.5 Å². The largest absolute Gasteiger partial charge is 0.241 e. The first-order valence-corrected chi connectivity index (χ1v) is 11.9. The van der Waals surface area contributed by atoms with Crippen LogP contribution in [-0.4, -0.2) is 19.9 Å². The molecule has 0 bridgehead atoms. The summed E-state index contributed by atoms with van der Waals surface area (Å²) in [6.45, 7) is 1.50. The van der Waals surface area contributed by atoms with Crippen molar-refractivity contribution in [3.8, 4) is 40.7 Å². The van der Waals surface area contributed by atoms with Gasteiger partial charge < -0.3 is 0 Å². The summed E-state index contributed by atoms with van der Waals surface area (Å²) in [5.41, 5.74) is -0.758. The predicted molar refractivity (Wildman–Crippen MR) is 138 cm³/mol. The summed E-state index contributed by atoms with van der Waals surface area (Å²) in [6, 6.07) is 12.9. The highest BCUT2D eigenvalue weighted by Gasteiger charge is 2.34. The summed E-state index contributed by atoms with van der Waals surface area (Å²) in [5, 5.41) is 28.7. The number of benzene rings is 3. The van der Waals surface area contributed by atoms with Gasteiger partial charge in [-0.1, -0.05) is 0 Å². The minimum absolute atomic E-state index is 0.0288. The molecule has 0 N–H and O–H groups in total. The third-order valence-electron chi connectivity index (χ3n) is 7.13. The van der Waals surface area contributed by atoms with Crippen LogP contribution in [0.3, 0.4) is 0 Å². The maximum absolute atomic E-state index is 16.1. The number of aromatic nitrogens is 4. The number of halogens is 4. The standard InChI is InChI=1S/C30H9F4N7/c1-11(8-35)19-17-6-13(31)2-4-15(17)23-25(19)40-29-21(33)28-30(22(34)27(29)38-23)41-26-20(12(9-36)10-37)18-7-14(32)3-5-16(18)24(26)39-28/h2-7H,1H3/b19-11-. The minimum atomic E-state index is -1.07. The molecule has 2 aliphatic carbocycles. The van der Waals surface area contributed by atoms with Crippen molar-refractivity contribution in [3.63, 3.8) is 0 Å². The lowest BCUT2D eigenvalue weighted by molar-refractivity contribution is 0.625. The van der Waals surface area contributed by atoms with Gasteiger partial charge >= 0.3 is 0 Å². The van der Waals surface area contributed by atoms with Crippen molar-refractivity contribution in [3.05, 3.63) is 93.3 Å². The average molecular weight is 543 g/mol. The summed E-state index contributed by atoms with van der Waals surface area (Å²) in [7, 11) is 0. The van der Waals surface area contributed by atoms with Gasteiger partial charge in [-0.05, 0) is 54.4 Å². The van der Waals surface area contributed by atoms with E-state index in [1.54, 1.807) is 12.1 Å². The average Bonchev–Trinajstić information content (AvgIpc) is 3.45. The second kappa shape index (κ2) is 8.25. The smallest absolute Gasteiger partial charge is 0.179 e. The quantitative estimate of drug-likeness (QED) is 0.125. The van der Waals surface area contributed by atoms with Gasteiger partial charge in [-0.15, -0.1) is 0 Å². The molecule has 2 aromatic heterocycles. The first-order valence-electron chi connectivity index (χ1n) is 11.9. The number of hydrogen-bond donors (Lipinski definition) is 0. The summed E-state index contributed by atoms with van der Waals surface area (Å²) in [5.74, 6) is -3.36. The molecular weight excluding hydrogens is 534 g/mol. The van der Waals surface area contributed by atoms with Crippen molar-refractivity contribution in [2.24, 2.45) is 0 Å². The Bertz CT molecular complexity index is 2280. The van der Waals surface area contributed by atoms with Crippen LogP contribution in [0.25, 0.3) is 55.7 Å². The Hall–Kier alpha value is -5.99. The number of nitriles is 3. The van der Waals surface area contributed by atoms with E-state index in [4.69, 9.17) is 0 Å². The van der Waals surface area contributed by atoms with E-state index in [-0.39, 0.29) is 50.6 Å². The molecule has 0 unspecified atom stereocenters. The van der Waals surface area contributed by atoms with E-state index in [0.29, 0.717) is 11.1 Å². The molecule has 7 nitrogen and oxygen atoms in total. The number of nitrogens with zero attached hydrogens (tertiary/aromatic N) is 7. The van der Waals surface area contributed by atoms with Crippen molar-refractivity contribution in [2.45, 2.75) is 6.92 Å². The maximum Gasteiger partial charge on any atom is 0.179 e. The third-order valence-corrected chi connectivity index (χ3v) is 7.13. The van der Waals surface area contributed by atoms with Crippen LogP contribution in [0.5, 0.6) is 0 Å². The molecule has 5 aromatic rings. The molecule has 0 radical (unpaired) electrons. The zero-order valence-corrected chi connectivity index (χ0v) is 20.6. The van der Waals surface area contributed by atoms with Crippen LogP contribution in [0.15, 0.2) is 47.5 Å². The number of allylic oxidation sites excluding steroid dienone is 2. The maximum atomic E-state index is 16.1. The SMILES string of the molecule is C/C(C#N)=C1\c2cc(F)ccc2-c2nc3c(F)c4nc5c(nc4c(F)c3nc21)-c1ccc(F)cc1C5=C(C#N)C#N. The lowest BCUT2D eigenvalue weighted by Crippen LogP contribution is -2.03. The van der Waals surface area contributed by atoms with E-state index in [9.17, 15) is 24.6 Å². The van der Waals surface area contributed by atoms with Gasteiger partial charge in [0.1, 0.15) is 57.1 Å². The van der Waals surface area contributed by atoms with Gasteiger partial charge in [0.25, 0.3) is 0 Å². The van der Waals surface area contributed by atoms with E-state index >= 15 is 8.78 Å². The Morgan fingerprint density at radius 1 is 0.561 bits per heavy atom. The predicted octanol–water partition coefficient (Wildman–Crippen LogP) is 6.28. The Kier molecular flexibility index (Phi) is 4.85. The summed E-state index contributed by atoms with van der Waals surface area (Å²) in [6.07, 6.45) is 0. The van der Waals surface area contributed by atoms with Crippen molar-refractivity contribution in [2.75, 3.05) is 0 Å². The van der Waals surface area contributed by atoms with Gasteiger partial charge in [0.15, 0.2) is 11.6 Å². The zero-order chi connectivity index (χ0) is 28.7. The van der Waals surface area contributed by atoms with E-state index < -0.39 is 50.9 Å². The van der Waals surface area contributed by atoms with E-state index in [0.717, 1.165) is 12.1 Å². The lowest BCUT2D eigenvalue weighted by atomic mass is 10.0. The van der Waals surface area contributed by atoms with Crippen LogP contribution in [0.4, 0.5) is 17.6 Å². The highest BCUT2D eigenvalue weighted by molar-refractivity contribution is 6.06. The van der Waals surface area contributed by atoms with Crippen molar-refractivity contribution < 1.29 is 17.6 Å². The first-order chi connectivity index (χ1) is 19.8. The molecule has 2 heterocycles. The fourth-order valence-corrected chi connectivity index (χ4v) is 5.37. The molecule has 7 rings (SSSR count). The van der Waals surface area contributed by atoms with Crippen LogP contribution in [-0.2, 0) is 0 Å². The Balaban J connectivity index is 1.60. The van der Waals surface area contributed by atoms with Crippen LogP contribution in [0, 0.1) is 57.3 Å². The van der Waals surface area contributed by atoms with E-state index in [2.05, 4.69) is 19.9 Å². The van der Waals surface area contributed by atoms with Gasteiger partial charge in [0.05, 0.1) is 23.2 Å². The molecule has 0 amide bonds. The van der Waals surface area contributed by atoms with Crippen LogP contribution < -0.4 is 0 Å². The fourth-order valence-electron chi connectivity index (χ4n) is 5.37.